The van der Waals surface area contributed by atoms with Crippen LogP contribution in [0, 0.1) is 18.8 Å². The van der Waals surface area contributed by atoms with Crippen LogP contribution in [-0.4, -0.2) is 46.5 Å². The number of halogens is 1. The number of fused-ring (bicyclic) bond motifs is 1. The van der Waals surface area contributed by atoms with Gasteiger partial charge in [-0.3, -0.25) is 0 Å². The van der Waals surface area contributed by atoms with Crippen LogP contribution in [0.15, 0.2) is 28.0 Å². The Balaban J connectivity index is 0.00000208. The highest BCUT2D eigenvalue weighted by Crippen LogP contribution is 2.39. The lowest BCUT2D eigenvalue weighted by Crippen LogP contribution is -2.33. The Labute approximate surface area is 149 Å². The van der Waals surface area contributed by atoms with E-state index in [0.717, 1.165) is 19.1 Å². The quantitative estimate of drug-likeness (QED) is 0.830. The minimum Gasteiger partial charge on any atom is -0.327 e. The van der Waals surface area contributed by atoms with Gasteiger partial charge in [0.15, 0.2) is 9.84 Å². The first-order valence-corrected chi connectivity index (χ1v) is 11.0. The van der Waals surface area contributed by atoms with E-state index in [9.17, 15) is 16.8 Å². The van der Waals surface area contributed by atoms with E-state index >= 15 is 0 Å². The van der Waals surface area contributed by atoms with Gasteiger partial charge in [0.25, 0.3) is 0 Å². The second-order valence-corrected chi connectivity index (χ2v) is 10.6. The fraction of sp³-hybridized carbons (Fsp3) is 0.600. The summed E-state index contributed by atoms with van der Waals surface area (Å²) in [5.74, 6) is 0.529. The van der Waals surface area contributed by atoms with Crippen LogP contribution in [0.1, 0.15) is 18.4 Å². The summed E-state index contributed by atoms with van der Waals surface area (Å²) in [5.41, 5.74) is 6.63. The normalized spacial score (nSPS) is 27.7. The van der Waals surface area contributed by atoms with E-state index in [2.05, 4.69) is 0 Å². The molecule has 3 atom stereocenters. The average molecular weight is 395 g/mol. The molecule has 1 aromatic rings. The van der Waals surface area contributed by atoms with Crippen LogP contribution in [0.25, 0.3) is 0 Å². The van der Waals surface area contributed by atoms with Crippen molar-refractivity contribution < 1.29 is 16.8 Å². The summed E-state index contributed by atoms with van der Waals surface area (Å²) in [7, 11) is -7.16. The molecular formula is C15H23ClN2O4S2. The summed E-state index contributed by atoms with van der Waals surface area (Å²) >= 11 is 0. The van der Waals surface area contributed by atoms with Crippen LogP contribution < -0.4 is 5.73 Å². The first-order valence-electron chi connectivity index (χ1n) is 7.67. The van der Waals surface area contributed by atoms with Crippen molar-refractivity contribution in [3.8, 4) is 0 Å². The van der Waals surface area contributed by atoms with Gasteiger partial charge in [0, 0.05) is 25.4 Å². The third-order valence-electron chi connectivity index (χ3n) is 5.08. The fourth-order valence-electron chi connectivity index (χ4n) is 3.69. The molecule has 1 aliphatic heterocycles. The van der Waals surface area contributed by atoms with E-state index in [4.69, 9.17) is 5.73 Å². The second-order valence-electron chi connectivity index (χ2n) is 6.69. The minimum atomic E-state index is -3.70. The van der Waals surface area contributed by atoms with Gasteiger partial charge in [-0.15, -0.1) is 12.4 Å². The molecule has 2 fully saturated rings. The second kappa shape index (κ2) is 6.57. The van der Waals surface area contributed by atoms with Gasteiger partial charge in [-0.25, -0.2) is 16.8 Å². The third-order valence-corrected chi connectivity index (χ3v) is 8.17. The number of benzene rings is 1. The highest BCUT2D eigenvalue weighted by Gasteiger charge is 2.45. The molecule has 3 unspecified atom stereocenters. The van der Waals surface area contributed by atoms with Crippen molar-refractivity contribution in [3.63, 3.8) is 0 Å². The Hall–Kier alpha value is -0.670. The maximum atomic E-state index is 13.0. The summed E-state index contributed by atoms with van der Waals surface area (Å²) in [6.45, 7) is 2.58. The lowest BCUT2D eigenvalue weighted by atomic mass is 9.98. The predicted molar refractivity (Wildman–Crippen MR) is 94.5 cm³/mol. The highest BCUT2D eigenvalue weighted by molar-refractivity contribution is 7.91. The lowest BCUT2D eigenvalue weighted by molar-refractivity contribution is 0.426. The van der Waals surface area contributed by atoms with E-state index in [1.807, 2.05) is 0 Å². The van der Waals surface area contributed by atoms with Crippen molar-refractivity contribution >= 4 is 32.3 Å². The molecule has 0 aromatic heterocycles. The Morgan fingerprint density at radius 1 is 1.12 bits per heavy atom. The van der Waals surface area contributed by atoms with Crippen LogP contribution in [0.2, 0.25) is 0 Å². The van der Waals surface area contributed by atoms with E-state index < -0.39 is 19.9 Å². The van der Waals surface area contributed by atoms with Gasteiger partial charge in [-0.1, -0.05) is 6.07 Å². The highest BCUT2D eigenvalue weighted by atomic mass is 35.5. The molecule has 1 aromatic carbocycles. The van der Waals surface area contributed by atoms with Crippen molar-refractivity contribution in [1.29, 1.82) is 0 Å². The zero-order chi connectivity index (χ0) is 17.0. The van der Waals surface area contributed by atoms with E-state index in [1.54, 1.807) is 13.0 Å². The molecule has 0 spiro atoms. The third kappa shape index (κ3) is 3.35. The van der Waals surface area contributed by atoms with Crippen LogP contribution >= 0.6 is 12.4 Å². The molecule has 6 nitrogen and oxygen atoms in total. The molecule has 0 bridgehead atoms. The van der Waals surface area contributed by atoms with Crippen molar-refractivity contribution in [2.24, 2.45) is 17.6 Å². The summed E-state index contributed by atoms with van der Waals surface area (Å²) in [6.07, 6.45) is 2.99. The standard InChI is InChI=1S/C15H22N2O4S2.ClH/c1-10-3-5-12(22(2,18)19)7-15(10)23(20,21)17-8-11-4-6-14(16)13(11)9-17;/h3,5,7,11,13-14H,4,6,8-9,16H2,1-2H3;1H. The van der Waals surface area contributed by atoms with Crippen molar-refractivity contribution in [3.05, 3.63) is 23.8 Å². The number of sulfone groups is 1. The minimum absolute atomic E-state index is 0. The van der Waals surface area contributed by atoms with Gasteiger partial charge >= 0.3 is 0 Å². The van der Waals surface area contributed by atoms with Crippen LogP contribution in [0.3, 0.4) is 0 Å². The molecule has 3 rings (SSSR count). The first kappa shape index (κ1) is 19.7. The number of nitrogens with zero attached hydrogens (tertiary/aromatic N) is 1. The molecule has 136 valence electrons. The molecular weight excluding hydrogens is 372 g/mol. The Kier molecular flexibility index (Phi) is 5.38. The number of nitrogens with two attached hydrogens (primary N) is 1. The number of sulfonamides is 1. The molecule has 9 heteroatoms. The number of hydrogen-bond donors (Lipinski definition) is 1. The largest absolute Gasteiger partial charge is 0.327 e. The molecule has 2 aliphatic rings. The Bertz CT molecular complexity index is 839. The molecule has 1 saturated carbocycles. The lowest BCUT2D eigenvalue weighted by Gasteiger charge is -2.20. The molecule has 2 N–H and O–H groups in total. The molecule has 0 radical (unpaired) electrons. The van der Waals surface area contributed by atoms with Crippen molar-refractivity contribution in [2.45, 2.75) is 35.6 Å². The van der Waals surface area contributed by atoms with Crippen LogP contribution in [-0.2, 0) is 19.9 Å². The topological polar surface area (TPSA) is 97.5 Å². The van der Waals surface area contributed by atoms with Gasteiger partial charge in [0.1, 0.15) is 0 Å². The summed E-state index contributed by atoms with van der Waals surface area (Å²) < 4.78 is 50.8. The van der Waals surface area contributed by atoms with E-state index in [-0.39, 0.29) is 34.2 Å². The number of rotatable bonds is 3. The zero-order valence-corrected chi connectivity index (χ0v) is 16.1. The maximum absolute atomic E-state index is 13.0. The molecule has 1 saturated heterocycles. The van der Waals surface area contributed by atoms with Crippen LogP contribution in [0.4, 0.5) is 0 Å². The van der Waals surface area contributed by atoms with Crippen LogP contribution in [0.5, 0.6) is 0 Å². The number of hydrogen-bond acceptors (Lipinski definition) is 5. The number of aryl methyl sites for hydroxylation is 1. The Morgan fingerprint density at radius 3 is 2.38 bits per heavy atom. The van der Waals surface area contributed by atoms with Crippen molar-refractivity contribution in [2.75, 3.05) is 19.3 Å². The summed E-state index contributed by atoms with van der Waals surface area (Å²) in [4.78, 5) is 0.103. The fourth-order valence-corrected chi connectivity index (χ4v) is 6.20. The molecule has 24 heavy (non-hydrogen) atoms. The summed E-state index contributed by atoms with van der Waals surface area (Å²) in [6, 6.07) is 4.32. The van der Waals surface area contributed by atoms with Gasteiger partial charge in [-0.05, 0) is 49.3 Å². The Morgan fingerprint density at radius 2 is 1.79 bits per heavy atom. The van der Waals surface area contributed by atoms with E-state index in [1.165, 1.54) is 16.4 Å². The average Bonchev–Trinajstić information content (AvgIpc) is 3.01. The molecule has 1 heterocycles. The van der Waals surface area contributed by atoms with Gasteiger partial charge in [0.2, 0.25) is 10.0 Å². The molecule has 0 amide bonds. The van der Waals surface area contributed by atoms with Gasteiger partial charge in [0.05, 0.1) is 9.79 Å². The summed E-state index contributed by atoms with van der Waals surface area (Å²) in [5, 5.41) is 0. The van der Waals surface area contributed by atoms with E-state index in [0.29, 0.717) is 24.6 Å². The zero-order valence-electron chi connectivity index (χ0n) is 13.7. The monoisotopic (exact) mass is 394 g/mol. The van der Waals surface area contributed by atoms with Crippen molar-refractivity contribution in [1.82, 2.24) is 4.31 Å². The van der Waals surface area contributed by atoms with Gasteiger partial charge < -0.3 is 5.73 Å². The molecule has 1 aliphatic carbocycles. The SMILES string of the molecule is Cc1ccc(S(C)(=O)=O)cc1S(=O)(=O)N1CC2CCC(N)C2C1.Cl. The predicted octanol–water partition coefficient (Wildman–Crippen LogP) is 1.18. The maximum Gasteiger partial charge on any atom is 0.243 e. The smallest absolute Gasteiger partial charge is 0.243 e. The van der Waals surface area contributed by atoms with Gasteiger partial charge in [-0.2, -0.15) is 4.31 Å². The first-order chi connectivity index (χ1) is 10.6.